The van der Waals surface area contributed by atoms with Crippen LogP contribution in [0.4, 0.5) is 0 Å². The van der Waals surface area contributed by atoms with Crippen molar-refractivity contribution < 1.29 is 4.79 Å². The number of nitrogens with zero attached hydrogens (tertiary/aromatic N) is 5. The molecule has 0 saturated carbocycles. The Morgan fingerprint density at radius 1 is 1.15 bits per heavy atom. The number of hydrogen-bond acceptors (Lipinski definition) is 5. The number of para-hydroxylation sites is 1. The number of carbonyl (C=O) groups is 1. The Balaban J connectivity index is 1.42. The number of carbonyl (C=O) groups excluding carboxylic acids is 1. The quantitative estimate of drug-likeness (QED) is 0.534. The van der Waals surface area contributed by atoms with Crippen molar-refractivity contribution in [2.24, 2.45) is 0 Å². The van der Waals surface area contributed by atoms with E-state index in [-0.39, 0.29) is 18.0 Å². The van der Waals surface area contributed by atoms with Crippen LogP contribution in [0.1, 0.15) is 50.4 Å². The van der Waals surface area contributed by atoms with Crippen molar-refractivity contribution in [3.8, 4) is 5.69 Å². The smallest absolute Gasteiger partial charge is 0.278 e. The topological polar surface area (TPSA) is 85.1 Å². The average Bonchev–Trinajstić information content (AvgIpc) is 3.19. The molecule has 1 N–H and O–H groups in total. The fraction of sp³-hybridized carbons (Fsp3) is 0.520. The molecule has 33 heavy (non-hydrogen) atoms. The third kappa shape index (κ3) is 5.00. The molecule has 1 saturated heterocycles. The van der Waals surface area contributed by atoms with Gasteiger partial charge in [-0.1, -0.05) is 31.5 Å². The van der Waals surface area contributed by atoms with Gasteiger partial charge in [-0.05, 0) is 58.2 Å². The Morgan fingerprint density at radius 3 is 2.70 bits per heavy atom. The summed E-state index contributed by atoms with van der Waals surface area (Å²) >= 11 is 0. The Bertz CT molecular complexity index is 1170. The van der Waals surface area contributed by atoms with Crippen LogP contribution in [0.15, 0.2) is 35.1 Å². The van der Waals surface area contributed by atoms with Gasteiger partial charge in [0.15, 0.2) is 0 Å². The van der Waals surface area contributed by atoms with Crippen LogP contribution in [0.2, 0.25) is 0 Å². The molecule has 1 aliphatic rings. The molecule has 1 aliphatic heterocycles. The van der Waals surface area contributed by atoms with Crippen LogP contribution in [-0.4, -0.2) is 56.0 Å². The summed E-state index contributed by atoms with van der Waals surface area (Å²) in [5, 5.41) is 12.5. The Morgan fingerprint density at radius 2 is 1.94 bits per heavy atom. The van der Waals surface area contributed by atoms with Gasteiger partial charge in [0, 0.05) is 19.1 Å². The first-order valence-electron chi connectivity index (χ1n) is 12.0. The number of rotatable bonds is 8. The van der Waals surface area contributed by atoms with Crippen molar-refractivity contribution in [1.82, 2.24) is 29.8 Å². The van der Waals surface area contributed by atoms with E-state index < -0.39 is 0 Å². The van der Waals surface area contributed by atoms with Crippen LogP contribution in [0.25, 0.3) is 16.6 Å². The van der Waals surface area contributed by atoms with Crippen molar-refractivity contribution in [3.05, 3.63) is 52.1 Å². The largest absolute Gasteiger partial charge is 0.354 e. The monoisotopic (exact) mass is 450 g/mol. The molecule has 1 fully saturated rings. The van der Waals surface area contributed by atoms with Crippen molar-refractivity contribution >= 4 is 16.8 Å². The minimum absolute atomic E-state index is 0.0904. The van der Waals surface area contributed by atoms with E-state index in [1.54, 1.807) is 4.68 Å². The molecule has 3 heterocycles. The normalized spacial score (nSPS) is 16.9. The Hall–Kier alpha value is -3.00. The van der Waals surface area contributed by atoms with Gasteiger partial charge in [-0.25, -0.2) is 9.36 Å². The van der Waals surface area contributed by atoms with Gasteiger partial charge in [0.25, 0.3) is 5.56 Å². The van der Waals surface area contributed by atoms with Gasteiger partial charge in [0.1, 0.15) is 12.1 Å². The number of hydrogen-bond donors (Lipinski definition) is 1. The summed E-state index contributed by atoms with van der Waals surface area (Å²) in [5.74, 6) is -0.192. The highest BCUT2D eigenvalue weighted by Gasteiger charge is 2.21. The maximum Gasteiger partial charge on any atom is 0.278 e. The molecule has 176 valence electrons. The van der Waals surface area contributed by atoms with E-state index in [1.165, 1.54) is 30.4 Å². The maximum atomic E-state index is 13.1. The van der Waals surface area contributed by atoms with Crippen LogP contribution in [0.5, 0.6) is 0 Å². The third-order valence-electron chi connectivity index (χ3n) is 6.64. The number of piperidine rings is 1. The lowest BCUT2D eigenvalue weighted by Gasteiger charge is -2.35. The molecule has 0 bridgehead atoms. The standard InChI is InChI=1S/C25H34N6O2/c1-4-20-11-8-9-15-29(20)16-10-14-26-22(32)17-30-25(33)23-19(3)31(21-12-6-5-7-13-21)28-24(23)18(2)27-30/h5-7,12-13,20H,4,8-11,14-17H2,1-3H3,(H,26,32). The molecule has 3 aromatic rings. The van der Waals surface area contributed by atoms with Crippen LogP contribution in [-0.2, 0) is 11.3 Å². The summed E-state index contributed by atoms with van der Waals surface area (Å²) in [4.78, 5) is 28.2. The van der Waals surface area contributed by atoms with Crippen molar-refractivity contribution in [1.29, 1.82) is 0 Å². The molecule has 2 aromatic heterocycles. The molecule has 0 aliphatic carbocycles. The lowest BCUT2D eigenvalue weighted by atomic mass is 10.00. The summed E-state index contributed by atoms with van der Waals surface area (Å²) in [5.41, 5.74) is 2.54. The molecule has 8 heteroatoms. The van der Waals surface area contributed by atoms with Gasteiger partial charge in [-0.3, -0.25) is 9.59 Å². The average molecular weight is 451 g/mol. The summed E-state index contributed by atoms with van der Waals surface area (Å²) < 4.78 is 3.02. The number of aryl methyl sites for hydroxylation is 2. The molecular weight excluding hydrogens is 416 g/mol. The first-order valence-corrected chi connectivity index (χ1v) is 12.0. The zero-order chi connectivity index (χ0) is 23.4. The molecule has 1 aromatic carbocycles. The van der Waals surface area contributed by atoms with Crippen LogP contribution < -0.4 is 10.9 Å². The van der Waals surface area contributed by atoms with Crippen molar-refractivity contribution in [2.75, 3.05) is 19.6 Å². The fourth-order valence-corrected chi connectivity index (χ4v) is 4.86. The van der Waals surface area contributed by atoms with Crippen LogP contribution in [0, 0.1) is 13.8 Å². The first kappa shape index (κ1) is 23.2. The first-order chi connectivity index (χ1) is 16.0. The van der Waals surface area contributed by atoms with Crippen LogP contribution >= 0.6 is 0 Å². The van der Waals surface area contributed by atoms with Crippen molar-refractivity contribution in [3.63, 3.8) is 0 Å². The summed E-state index contributed by atoms with van der Waals surface area (Å²) in [6.07, 6.45) is 5.95. The molecular formula is C25H34N6O2. The summed E-state index contributed by atoms with van der Waals surface area (Å²) in [7, 11) is 0. The Kier molecular flexibility index (Phi) is 7.23. The Labute approximate surface area is 194 Å². The highest BCUT2D eigenvalue weighted by atomic mass is 16.2. The van der Waals surface area contributed by atoms with E-state index in [0.717, 1.165) is 30.9 Å². The highest BCUT2D eigenvalue weighted by molar-refractivity contribution is 5.83. The summed E-state index contributed by atoms with van der Waals surface area (Å²) in [6, 6.07) is 10.4. The second kappa shape index (κ2) is 10.3. The number of aromatic nitrogens is 4. The van der Waals surface area contributed by atoms with Gasteiger partial charge in [-0.2, -0.15) is 10.2 Å². The van der Waals surface area contributed by atoms with E-state index in [0.29, 0.717) is 29.2 Å². The van der Waals surface area contributed by atoms with Gasteiger partial charge < -0.3 is 10.2 Å². The van der Waals surface area contributed by atoms with Crippen LogP contribution in [0.3, 0.4) is 0 Å². The van der Waals surface area contributed by atoms with E-state index in [1.807, 2.05) is 44.2 Å². The number of likely N-dealkylation sites (tertiary alicyclic amines) is 1. The second-order valence-corrected chi connectivity index (χ2v) is 8.90. The summed E-state index contributed by atoms with van der Waals surface area (Å²) in [6.45, 7) is 8.61. The van der Waals surface area contributed by atoms with E-state index in [4.69, 9.17) is 0 Å². The second-order valence-electron chi connectivity index (χ2n) is 8.90. The minimum atomic E-state index is -0.287. The van der Waals surface area contributed by atoms with Gasteiger partial charge >= 0.3 is 0 Å². The zero-order valence-corrected chi connectivity index (χ0v) is 19.9. The SMILES string of the molecule is CCC1CCCCN1CCCNC(=O)Cn1nc(C)c2nn(-c3ccccc3)c(C)c2c1=O. The molecule has 4 rings (SSSR count). The lowest BCUT2D eigenvalue weighted by molar-refractivity contribution is -0.121. The van der Waals surface area contributed by atoms with Gasteiger partial charge in [-0.15, -0.1) is 0 Å². The van der Waals surface area contributed by atoms with Gasteiger partial charge in [0.2, 0.25) is 5.91 Å². The number of fused-ring (bicyclic) bond motifs is 1. The predicted octanol–water partition coefficient (Wildman–Crippen LogP) is 2.97. The lowest BCUT2D eigenvalue weighted by Crippen LogP contribution is -2.41. The molecule has 0 spiro atoms. The van der Waals surface area contributed by atoms with E-state index in [9.17, 15) is 9.59 Å². The maximum absolute atomic E-state index is 13.1. The number of nitrogens with one attached hydrogen (secondary N) is 1. The molecule has 8 nitrogen and oxygen atoms in total. The molecule has 0 radical (unpaired) electrons. The number of benzene rings is 1. The number of amides is 1. The molecule has 1 atom stereocenters. The van der Waals surface area contributed by atoms with E-state index >= 15 is 0 Å². The predicted molar refractivity (Wildman–Crippen MR) is 130 cm³/mol. The minimum Gasteiger partial charge on any atom is -0.354 e. The van der Waals surface area contributed by atoms with E-state index in [2.05, 4.69) is 27.3 Å². The highest BCUT2D eigenvalue weighted by Crippen LogP contribution is 2.20. The van der Waals surface area contributed by atoms with Crippen molar-refractivity contribution in [2.45, 2.75) is 65.5 Å². The fourth-order valence-electron chi connectivity index (χ4n) is 4.86. The molecule has 1 unspecified atom stereocenters. The molecule has 1 amide bonds. The van der Waals surface area contributed by atoms with Gasteiger partial charge in [0.05, 0.1) is 22.5 Å². The third-order valence-corrected chi connectivity index (χ3v) is 6.64. The zero-order valence-electron chi connectivity index (χ0n) is 19.9.